The molecule has 22 heavy (non-hydrogen) atoms. The van der Waals surface area contributed by atoms with Crippen molar-refractivity contribution in [1.82, 2.24) is 0 Å². The highest BCUT2D eigenvalue weighted by Crippen LogP contribution is 2.33. The summed E-state index contributed by atoms with van der Waals surface area (Å²) in [5.74, 6) is -2.97. The molecule has 0 spiro atoms. The molecular formula is C16H16O6. The molecule has 0 amide bonds. The average Bonchev–Trinajstić information content (AvgIpc) is 2.44. The van der Waals surface area contributed by atoms with Gasteiger partial charge in [-0.15, -0.1) is 0 Å². The number of phenolic OH excluding ortho intramolecular Hbond substituents is 4. The smallest absolute Gasteiger partial charge is 0.311 e. The lowest BCUT2D eigenvalue weighted by molar-refractivity contribution is -0.139. The summed E-state index contributed by atoms with van der Waals surface area (Å²) in [5.41, 5.74) is 0.883. The Labute approximate surface area is 126 Å². The summed E-state index contributed by atoms with van der Waals surface area (Å²) in [6, 6.07) is 8.07. The maximum absolute atomic E-state index is 11.4. The van der Waals surface area contributed by atoms with Crippen LogP contribution in [0.5, 0.6) is 23.0 Å². The molecule has 0 aliphatic rings. The lowest BCUT2D eigenvalue weighted by Crippen LogP contribution is -2.13. The predicted molar refractivity (Wildman–Crippen MR) is 78.2 cm³/mol. The molecule has 2 aromatic rings. The maximum Gasteiger partial charge on any atom is 0.311 e. The van der Waals surface area contributed by atoms with Crippen molar-refractivity contribution >= 4 is 5.97 Å². The van der Waals surface area contributed by atoms with E-state index in [9.17, 15) is 30.3 Å². The van der Waals surface area contributed by atoms with Crippen molar-refractivity contribution in [2.75, 3.05) is 0 Å². The fourth-order valence-corrected chi connectivity index (χ4v) is 2.27. The van der Waals surface area contributed by atoms with E-state index in [4.69, 9.17) is 0 Å². The molecule has 0 bridgehead atoms. The van der Waals surface area contributed by atoms with Gasteiger partial charge in [-0.3, -0.25) is 4.79 Å². The molecular weight excluding hydrogens is 288 g/mol. The summed E-state index contributed by atoms with van der Waals surface area (Å²) in [6.45, 7) is 0. The molecule has 0 radical (unpaired) electrons. The van der Waals surface area contributed by atoms with Crippen LogP contribution < -0.4 is 0 Å². The van der Waals surface area contributed by atoms with Gasteiger partial charge in [0.05, 0.1) is 5.92 Å². The van der Waals surface area contributed by atoms with Gasteiger partial charge < -0.3 is 25.5 Å². The van der Waals surface area contributed by atoms with Crippen LogP contribution in [-0.2, 0) is 11.2 Å². The van der Waals surface area contributed by atoms with E-state index >= 15 is 0 Å². The second-order valence-electron chi connectivity index (χ2n) is 5.00. The number of rotatable bonds is 5. The Morgan fingerprint density at radius 1 is 0.909 bits per heavy atom. The summed E-state index contributed by atoms with van der Waals surface area (Å²) >= 11 is 0. The third-order valence-electron chi connectivity index (χ3n) is 3.45. The van der Waals surface area contributed by atoms with Crippen molar-refractivity contribution in [1.29, 1.82) is 0 Å². The largest absolute Gasteiger partial charge is 0.508 e. The summed E-state index contributed by atoms with van der Waals surface area (Å²) in [4.78, 5) is 11.4. The normalized spacial score (nSPS) is 12.0. The van der Waals surface area contributed by atoms with E-state index in [0.717, 1.165) is 6.07 Å². The number of aromatic hydroxyl groups is 4. The fourth-order valence-electron chi connectivity index (χ4n) is 2.27. The third kappa shape index (κ3) is 3.41. The zero-order valence-electron chi connectivity index (χ0n) is 11.6. The summed E-state index contributed by atoms with van der Waals surface area (Å²) in [5, 5.41) is 47.1. The Balaban J connectivity index is 2.19. The monoisotopic (exact) mass is 304 g/mol. The molecule has 116 valence electrons. The zero-order valence-corrected chi connectivity index (χ0v) is 11.6. The SMILES string of the molecule is O=C(O)C(CCc1ccc(O)c(O)c1)c1ccc(O)cc1O. The number of hydrogen-bond donors (Lipinski definition) is 5. The third-order valence-corrected chi connectivity index (χ3v) is 3.45. The van der Waals surface area contributed by atoms with Crippen LogP contribution in [0.2, 0.25) is 0 Å². The van der Waals surface area contributed by atoms with Crippen LogP contribution >= 0.6 is 0 Å². The molecule has 0 aliphatic carbocycles. The number of hydrogen-bond acceptors (Lipinski definition) is 5. The van der Waals surface area contributed by atoms with Crippen molar-refractivity contribution in [3.63, 3.8) is 0 Å². The first-order chi connectivity index (χ1) is 10.4. The minimum Gasteiger partial charge on any atom is -0.508 e. The van der Waals surface area contributed by atoms with Gasteiger partial charge in [0, 0.05) is 11.6 Å². The number of carboxylic acids is 1. The number of phenols is 4. The molecule has 1 unspecified atom stereocenters. The second-order valence-corrected chi connectivity index (χ2v) is 5.00. The minimum atomic E-state index is -1.09. The van der Waals surface area contributed by atoms with E-state index in [1.807, 2.05) is 0 Å². The van der Waals surface area contributed by atoms with Crippen molar-refractivity contribution in [2.45, 2.75) is 18.8 Å². The lowest BCUT2D eigenvalue weighted by Gasteiger charge is -2.14. The molecule has 0 aromatic heterocycles. The molecule has 0 aliphatic heterocycles. The molecule has 6 heteroatoms. The van der Waals surface area contributed by atoms with E-state index < -0.39 is 11.9 Å². The number of carbonyl (C=O) groups is 1. The summed E-state index contributed by atoms with van der Waals surface area (Å²) in [7, 11) is 0. The van der Waals surface area contributed by atoms with Crippen LogP contribution in [0.3, 0.4) is 0 Å². The number of aliphatic carboxylic acids is 1. The van der Waals surface area contributed by atoms with Crippen molar-refractivity contribution in [3.05, 3.63) is 47.5 Å². The van der Waals surface area contributed by atoms with Crippen LogP contribution in [0.25, 0.3) is 0 Å². The van der Waals surface area contributed by atoms with E-state index in [0.29, 0.717) is 12.0 Å². The highest BCUT2D eigenvalue weighted by molar-refractivity contribution is 5.77. The molecule has 2 aromatic carbocycles. The zero-order chi connectivity index (χ0) is 16.3. The topological polar surface area (TPSA) is 118 Å². The first-order valence-electron chi connectivity index (χ1n) is 6.64. The van der Waals surface area contributed by atoms with E-state index in [1.54, 1.807) is 6.07 Å². The first-order valence-corrected chi connectivity index (χ1v) is 6.64. The van der Waals surface area contributed by atoms with E-state index in [1.165, 1.54) is 24.3 Å². The highest BCUT2D eigenvalue weighted by Gasteiger charge is 2.23. The molecule has 0 fully saturated rings. The lowest BCUT2D eigenvalue weighted by atomic mass is 9.91. The Bertz CT molecular complexity index is 695. The Morgan fingerprint density at radius 3 is 2.23 bits per heavy atom. The standard InChI is InChI=1S/C16H16O6/c17-10-3-5-11(14(19)8-10)12(16(21)22)4-1-9-2-6-13(18)15(20)7-9/h2-3,5-8,12,17-20H,1,4H2,(H,21,22). The molecule has 0 saturated heterocycles. The van der Waals surface area contributed by atoms with Crippen LogP contribution in [0.4, 0.5) is 0 Å². The predicted octanol–water partition coefficient (Wildman–Crippen LogP) is 2.31. The van der Waals surface area contributed by atoms with Gasteiger partial charge in [-0.1, -0.05) is 12.1 Å². The van der Waals surface area contributed by atoms with Gasteiger partial charge in [-0.05, 0) is 36.6 Å². The van der Waals surface area contributed by atoms with Crippen LogP contribution in [-0.4, -0.2) is 31.5 Å². The van der Waals surface area contributed by atoms with Gasteiger partial charge in [0.15, 0.2) is 11.5 Å². The van der Waals surface area contributed by atoms with Gasteiger partial charge in [-0.2, -0.15) is 0 Å². The van der Waals surface area contributed by atoms with E-state index in [-0.39, 0.29) is 35.0 Å². The summed E-state index contributed by atoms with van der Waals surface area (Å²) < 4.78 is 0. The van der Waals surface area contributed by atoms with Gasteiger partial charge >= 0.3 is 5.97 Å². The second kappa shape index (κ2) is 6.26. The maximum atomic E-state index is 11.4. The Kier molecular flexibility index (Phi) is 4.41. The van der Waals surface area contributed by atoms with Gasteiger partial charge in [0.1, 0.15) is 11.5 Å². The van der Waals surface area contributed by atoms with Crippen LogP contribution in [0.1, 0.15) is 23.5 Å². The summed E-state index contributed by atoms with van der Waals surface area (Å²) in [6.07, 6.45) is 0.531. The van der Waals surface area contributed by atoms with Crippen LogP contribution in [0.15, 0.2) is 36.4 Å². The molecule has 0 saturated carbocycles. The highest BCUT2D eigenvalue weighted by atomic mass is 16.4. The fraction of sp³-hybridized carbons (Fsp3) is 0.188. The first kappa shape index (κ1) is 15.5. The van der Waals surface area contributed by atoms with Crippen LogP contribution in [0, 0.1) is 0 Å². The molecule has 0 heterocycles. The van der Waals surface area contributed by atoms with Gasteiger partial charge in [0.2, 0.25) is 0 Å². The molecule has 6 nitrogen and oxygen atoms in total. The molecule has 1 atom stereocenters. The van der Waals surface area contributed by atoms with Crippen molar-refractivity contribution in [2.24, 2.45) is 0 Å². The number of aryl methyl sites for hydroxylation is 1. The Hall–Kier alpha value is -2.89. The molecule has 5 N–H and O–H groups in total. The van der Waals surface area contributed by atoms with Gasteiger partial charge in [0.25, 0.3) is 0 Å². The number of carboxylic acid groups (broad SMARTS) is 1. The van der Waals surface area contributed by atoms with Crippen molar-refractivity contribution < 1.29 is 30.3 Å². The minimum absolute atomic E-state index is 0.145. The average molecular weight is 304 g/mol. The van der Waals surface area contributed by atoms with E-state index in [2.05, 4.69) is 0 Å². The Morgan fingerprint density at radius 2 is 1.64 bits per heavy atom. The quantitative estimate of drug-likeness (QED) is 0.541. The number of benzene rings is 2. The van der Waals surface area contributed by atoms with Crippen molar-refractivity contribution in [3.8, 4) is 23.0 Å². The molecule has 2 rings (SSSR count). The van der Waals surface area contributed by atoms with Gasteiger partial charge in [-0.25, -0.2) is 0 Å².